The molecule has 4 rings (SSSR count). The van der Waals surface area contributed by atoms with E-state index in [0.29, 0.717) is 12.0 Å². The van der Waals surface area contributed by atoms with Crippen LogP contribution in [0.3, 0.4) is 0 Å². The van der Waals surface area contributed by atoms with E-state index in [1.54, 1.807) is 12.1 Å². The van der Waals surface area contributed by atoms with Gasteiger partial charge in [-0.2, -0.15) is 0 Å². The van der Waals surface area contributed by atoms with Crippen molar-refractivity contribution in [1.29, 1.82) is 0 Å². The predicted molar refractivity (Wildman–Crippen MR) is 115 cm³/mol. The van der Waals surface area contributed by atoms with Crippen LogP contribution in [0.4, 0.5) is 4.39 Å². The van der Waals surface area contributed by atoms with Crippen LogP contribution in [-0.4, -0.2) is 42.0 Å². The number of likely N-dealkylation sites (N-methyl/N-ethyl adjacent to an activating group) is 1. The molecule has 2 aliphatic rings. The third-order valence-electron chi connectivity index (χ3n) is 7.30. The van der Waals surface area contributed by atoms with Crippen molar-refractivity contribution in [1.82, 2.24) is 9.80 Å². The Morgan fingerprint density at radius 1 is 1.04 bits per heavy atom. The fourth-order valence-electron chi connectivity index (χ4n) is 5.36. The minimum absolute atomic E-state index is 0.177. The van der Waals surface area contributed by atoms with Gasteiger partial charge in [-0.15, -0.1) is 0 Å². The molecule has 0 amide bonds. The molecular formula is C24H30ClFN2. The predicted octanol–water partition coefficient (Wildman–Crippen LogP) is 5.86. The highest BCUT2D eigenvalue weighted by molar-refractivity contribution is 6.30. The Morgan fingerprint density at radius 2 is 1.75 bits per heavy atom. The zero-order valence-electron chi connectivity index (χ0n) is 17.1. The molecular weight excluding hydrogens is 371 g/mol. The molecule has 1 aliphatic heterocycles. The molecule has 2 atom stereocenters. The van der Waals surface area contributed by atoms with Crippen molar-refractivity contribution in [2.24, 2.45) is 0 Å². The van der Waals surface area contributed by atoms with Crippen molar-refractivity contribution in [3.05, 3.63) is 70.0 Å². The second kappa shape index (κ2) is 7.78. The number of rotatable bonds is 4. The molecule has 0 radical (unpaired) electrons. The number of hydrogen-bond donors (Lipinski definition) is 0. The monoisotopic (exact) mass is 400 g/mol. The standard InChI is InChI=1S/C24H30ClFN2/c1-4-24(5-2)16-28(13-12-27(24)3)23-15-21(17-6-9-19(26)10-7-17)20-11-8-18(25)14-22(20)23/h6-11,14,21,23H,4-5,12-13,15-16H2,1-3H3. The lowest BCUT2D eigenvalue weighted by Crippen LogP contribution is -2.60. The molecule has 2 nitrogen and oxygen atoms in total. The summed E-state index contributed by atoms with van der Waals surface area (Å²) in [7, 11) is 2.27. The number of hydrogen-bond acceptors (Lipinski definition) is 2. The van der Waals surface area contributed by atoms with Gasteiger partial charge in [0.05, 0.1) is 0 Å². The van der Waals surface area contributed by atoms with E-state index in [2.05, 4.69) is 42.8 Å². The van der Waals surface area contributed by atoms with Crippen molar-refractivity contribution in [3.8, 4) is 0 Å². The summed E-state index contributed by atoms with van der Waals surface area (Å²) in [5, 5.41) is 0.801. The van der Waals surface area contributed by atoms with Gasteiger partial charge < -0.3 is 0 Å². The maximum atomic E-state index is 13.5. The zero-order chi connectivity index (χ0) is 19.9. The Hall–Kier alpha value is -1.42. The average molecular weight is 401 g/mol. The van der Waals surface area contributed by atoms with Crippen LogP contribution in [0.15, 0.2) is 42.5 Å². The fourth-order valence-corrected chi connectivity index (χ4v) is 5.54. The molecule has 2 aromatic rings. The average Bonchev–Trinajstić information content (AvgIpc) is 3.08. The van der Waals surface area contributed by atoms with Crippen LogP contribution in [0.5, 0.6) is 0 Å². The van der Waals surface area contributed by atoms with Crippen molar-refractivity contribution in [3.63, 3.8) is 0 Å². The topological polar surface area (TPSA) is 6.48 Å². The first-order chi connectivity index (χ1) is 13.5. The van der Waals surface area contributed by atoms with E-state index >= 15 is 0 Å². The molecule has 0 bridgehead atoms. The van der Waals surface area contributed by atoms with Crippen LogP contribution in [0.1, 0.15) is 61.8 Å². The number of piperazine rings is 1. The number of benzene rings is 2. The van der Waals surface area contributed by atoms with E-state index in [-0.39, 0.29) is 11.4 Å². The van der Waals surface area contributed by atoms with E-state index in [9.17, 15) is 4.39 Å². The Morgan fingerprint density at radius 3 is 2.43 bits per heavy atom. The highest BCUT2D eigenvalue weighted by atomic mass is 35.5. The summed E-state index contributed by atoms with van der Waals surface area (Å²) < 4.78 is 13.5. The third-order valence-corrected chi connectivity index (χ3v) is 7.54. The van der Waals surface area contributed by atoms with E-state index in [0.717, 1.165) is 43.9 Å². The summed E-state index contributed by atoms with van der Waals surface area (Å²) >= 11 is 6.40. The molecule has 1 saturated heterocycles. The van der Waals surface area contributed by atoms with Crippen molar-refractivity contribution in [2.75, 3.05) is 26.7 Å². The van der Waals surface area contributed by atoms with Gasteiger partial charge in [-0.3, -0.25) is 9.80 Å². The van der Waals surface area contributed by atoms with Crippen LogP contribution < -0.4 is 0 Å². The molecule has 1 fully saturated rings. The quantitative estimate of drug-likeness (QED) is 0.634. The second-order valence-corrected chi connectivity index (χ2v) is 8.89. The van der Waals surface area contributed by atoms with Gasteiger partial charge in [0.25, 0.3) is 0 Å². The highest BCUT2D eigenvalue weighted by Crippen LogP contribution is 2.48. The normalized spacial score (nSPS) is 25.0. The molecule has 0 N–H and O–H groups in total. The first kappa shape index (κ1) is 19.9. The number of fused-ring (bicyclic) bond motifs is 1. The van der Waals surface area contributed by atoms with E-state index in [1.165, 1.54) is 16.7 Å². The lowest BCUT2D eigenvalue weighted by molar-refractivity contribution is -0.0105. The summed E-state index contributed by atoms with van der Waals surface area (Å²) in [6.45, 7) is 7.87. The first-order valence-electron chi connectivity index (χ1n) is 10.5. The molecule has 0 aromatic heterocycles. The molecule has 1 aliphatic carbocycles. The maximum absolute atomic E-state index is 13.5. The van der Waals surface area contributed by atoms with Gasteiger partial charge in [-0.25, -0.2) is 4.39 Å². The summed E-state index contributed by atoms with van der Waals surface area (Å²) in [5.74, 6) is 0.125. The molecule has 28 heavy (non-hydrogen) atoms. The SMILES string of the molecule is CCC1(CC)CN(C2CC(c3ccc(F)cc3)c3ccc(Cl)cc32)CCN1C. The Bertz CT molecular complexity index is 831. The van der Waals surface area contributed by atoms with Gasteiger partial charge in [-0.05, 0) is 67.3 Å². The lowest BCUT2D eigenvalue weighted by atomic mass is 9.87. The highest BCUT2D eigenvalue weighted by Gasteiger charge is 2.42. The summed E-state index contributed by atoms with van der Waals surface area (Å²) in [4.78, 5) is 5.22. The van der Waals surface area contributed by atoms with E-state index in [1.807, 2.05) is 18.2 Å². The van der Waals surface area contributed by atoms with Crippen molar-refractivity contribution in [2.45, 2.75) is 50.6 Å². The number of halogens is 2. The van der Waals surface area contributed by atoms with Crippen LogP contribution in [-0.2, 0) is 0 Å². The molecule has 1 heterocycles. The molecule has 4 heteroatoms. The molecule has 0 saturated carbocycles. The van der Waals surface area contributed by atoms with E-state index < -0.39 is 0 Å². The second-order valence-electron chi connectivity index (χ2n) is 8.45. The summed E-state index contributed by atoms with van der Waals surface area (Å²) in [5.41, 5.74) is 4.13. The zero-order valence-corrected chi connectivity index (χ0v) is 17.8. The van der Waals surface area contributed by atoms with Gasteiger partial charge >= 0.3 is 0 Å². The Labute approximate surface area is 173 Å². The minimum atomic E-state index is -0.177. The summed E-state index contributed by atoms with van der Waals surface area (Å²) in [6.07, 6.45) is 3.36. The first-order valence-corrected chi connectivity index (χ1v) is 10.9. The van der Waals surface area contributed by atoms with E-state index in [4.69, 9.17) is 11.6 Å². The third kappa shape index (κ3) is 3.38. The smallest absolute Gasteiger partial charge is 0.123 e. The van der Waals surface area contributed by atoms with Gasteiger partial charge in [0.1, 0.15) is 5.82 Å². The van der Waals surface area contributed by atoms with Gasteiger partial charge in [0, 0.05) is 42.2 Å². The molecule has 0 spiro atoms. The maximum Gasteiger partial charge on any atom is 0.123 e. The van der Waals surface area contributed by atoms with Crippen LogP contribution in [0.2, 0.25) is 5.02 Å². The number of nitrogens with zero attached hydrogens (tertiary/aromatic N) is 2. The Kier molecular flexibility index (Phi) is 5.52. The molecule has 2 aromatic carbocycles. The minimum Gasteiger partial charge on any atom is -0.298 e. The van der Waals surface area contributed by atoms with Crippen molar-refractivity contribution >= 4 is 11.6 Å². The fraction of sp³-hybridized carbons (Fsp3) is 0.500. The van der Waals surface area contributed by atoms with Gasteiger partial charge in [0.2, 0.25) is 0 Å². The van der Waals surface area contributed by atoms with Crippen molar-refractivity contribution < 1.29 is 4.39 Å². The van der Waals surface area contributed by atoms with Crippen LogP contribution in [0.25, 0.3) is 0 Å². The van der Waals surface area contributed by atoms with Crippen LogP contribution in [0, 0.1) is 5.82 Å². The van der Waals surface area contributed by atoms with Gasteiger partial charge in [0.15, 0.2) is 0 Å². The lowest BCUT2D eigenvalue weighted by Gasteiger charge is -2.51. The van der Waals surface area contributed by atoms with Gasteiger partial charge in [-0.1, -0.05) is 43.6 Å². The largest absolute Gasteiger partial charge is 0.298 e. The summed E-state index contributed by atoms with van der Waals surface area (Å²) in [6, 6.07) is 13.7. The van der Waals surface area contributed by atoms with Crippen LogP contribution >= 0.6 is 11.6 Å². The Balaban J connectivity index is 1.69. The molecule has 2 unspecified atom stereocenters. The molecule has 150 valence electrons.